The molecule has 2 saturated heterocycles. The van der Waals surface area contributed by atoms with E-state index in [1.54, 1.807) is 0 Å². The minimum absolute atomic E-state index is 0.577. The monoisotopic (exact) mass is 287 g/mol. The minimum atomic E-state index is 0.577. The number of aryl methyl sites for hydroxylation is 1. The zero-order chi connectivity index (χ0) is 14.8. The summed E-state index contributed by atoms with van der Waals surface area (Å²) in [5.74, 6) is 1.19. The van der Waals surface area contributed by atoms with E-state index in [1.807, 2.05) is 0 Å². The van der Waals surface area contributed by atoms with Gasteiger partial charge in [0, 0.05) is 31.4 Å². The molecule has 2 aliphatic rings. The lowest BCUT2D eigenvalue weighted by Gasteiger charge is -2.31. The molecule has 0 bridgehead atoms. The second-order valence-corrected chi connectivity index (χ2v) is 6.94. The molecule has 3 rings (SSSR count). The molecule has 1 aromatic heterocycles. The van der Waals surface area contributed by atoms with E-state index in [4.69, 9.17) is 4.98 Å². The maximum Gasteiger partial charge on any atom is 0.128 e. The van der Waals surface area contributed by atoms with Crippen LogP contribution in [-0.2, 0) is 0 Å². The highest BCUT2D eigenvalue weighted by molar-refractivity contribution is 5.44. The highest BCUT2D eigenvalue weighted by Gasteiger charge is 2.29. The molecule has 1 atom stereocenters. The first-order chi connectivity index (χ1) is 10.2. The Hall–Kier alpha value is -1.09. The molecule has 0 spiro atoms. The van der Waals surface area contributed by atoms with E-state index < -0.39 is 0 Å². The van der Waals surface area contributed by atoms with Gasteiger partial charge in [-0.05, 0) is 76.6 Å². The Balaban J connectivity index is 1.80. The summed E-state index contributed by atoms with van der Waals surface area (Å²) < 4.78 is 0. The molecule has 0 N–H and O–H groups in total. The van der Waals surface area contributed by atoms with Crippen LogP contribution in [-0.4, -0.2) is 35.6 Å². The summed E-state index contributed by atoms with van der Waals surface area (Å²) >= 11 is 0. The third-order valence-electron chi connectivity index (χ3n) is 5.13. The smallest absolute Gasteiger partial charge is 0.128 e. The molecule has 0 unspecified atom stereocenters. The van der Waals surface area contributed by atoms with Crippen LogP contribution in [0.25, 0.3) is 0 Å². The zero-order valence-electron chi connectivity index (χ0n) is 13.8. The second kappa shape index (κ2) is 6.35. The SMILES string of the molecule is Cc1cc(N2CCCCC2)ncc1[C@H]1CCCN1C(C)C. The van der Waals surface area contributed by atoms with Crippen molar-refractivity contribution < 1.29 is 0 Å². The van der Waals surface area contributed by atoms with Crippen LogP contribution in [0.15, 0.2) is 12.3 Å². The first-order valence-electron chi connectivity index (χ1n) is 8.64. The van der Waals surface area contributed by atoms with Crippen LogP contribution in [0, 0.1) is 6.92 Å². The van der Waals surface area contributed by atoms with Crippen molar-refractivity contribution in [3.8, 4) is 0 Å². The van der Waals surface area contributed by atoms with Gasteiger partial charge in [0.15, 0.2) is 0 Å². The van der Waals surface area contributed by atoms with E-state index in [0.29, 0.717) is 12.1 Å². The van der Waals surface area contributed by atoms with Crippen LogP contribution in [0.2, 0.25) is 0 Å². The van der Waals surface area contributed by atoms with Crippen LogP contribution < -0.4 is 4.90 Å². The van der Waals surface area contributed by atoms with Crippen LogP contribution in [0.1, 0.15) is 63.1 Å². The Labute approximate surface area is 129 Å². The minimum Gasteiger partial charge on any atom is -0.357 e. The van der Waals surface area contributed by atoms with Crippen LogP contribution in [0.4, 0.5) is 5.82 Å². The molecular weight excluding hydrogens is 258 g/mol. The zero-order valence-corrected chi connectivity index (χ0v) is 13.8. The fourth-order valence-corrected chi connectivity index (χ4v) is 3.94. The molecule has 0 radical (unpaired) electrons. The highest BCUT2D eigenvalue weighted by atomic mass is 15.2. The first kappa shape index (κ1) is 14.8. The number of nitrogens with zero attached hydrogens (tertiary/aromatic N) is 3. The summed E-state index contributed by atoms with van der Waals surface area (Å²) in [7, 11) is 0. The predicted octanol–water partition coefficient (Wildman–Crippen LogP) is 3.93. The van der Waals surface area contributed by atoms with Crippen molar-refractivity contribution >= 4 is 5.82 Å². The fraction of sp³-hybridized carbons (Fsp3) is 0.722. The lowest BCUT2D eigenvalue weighted by atomic mass is 10.0. The van der Waals surface area contributed by atoms with E-state index in [1.165, 1.54) is 68.7 Å². The summed E-state index contributed by atoms with van der Waals surface area (Å²) in [4.78, 5) is 9.88. The Morgan fingerprint density at radius 2 is 1.86 bits per heavy atom. The van der Waals surface area contributed by atoms with Gasteiger partial charge in [-0.2, -0.15) is 0 Å². The summed E-state index contributed by atoms with van der Waals surface area (Å²) in [6, 6.07) is 3.52. The molecule has 0 saturated carbocycles. The molecule has 0 aromatic carbocycles. The second-order valence-electron chi connectivity index (χ2n) is 6.94. The van der Waals surface area contributed by atoms with Gasteiger partial charge >= 0.3 is 0 Å². The van der Waals surface area contributed by atoms with Gasteiger partial charge in [-0.1, -0.05) is 0 Å². The third kappa shape index (κ3) is 3.08. The number of aromatic nitrogens is 1. The Morgan fingerprint density at radius 3 is 2.52 bits per heavy atom. The topological polar surface area (TPSA) is 19.4 Å². The Bertz CT molecular complexity index is 477. The Kier molecular flexibility index (Phi) is 4.48. The average Bonchev–Trinajstić information content (AvgIpc) is 2.97. The van der Waals surface area contributed by atoms with Gasteiger partial charge in [-0.15, -0.1) is 0 Å². The normalized spacial score (nSPS) is 24.0. The summed E-state index contributed by atoms with van der Waals surface area (Å²) in [5.41, 5.74) is 2.87. The van der Waals surface area contributed by atoms with Gasteiger partial charge in [0.25, 0.3) is 0 Å². The molecule has 1 aromatic rings. The molecule has 3 heterocycles. The number of pyridine rings is 1. The highest BCUT2D eigenvalue weighted by Crippen LogP contribution is 2.35. The van der Waals surface area contributed by atoms with Crippen LogP contribution >= 0.6 is 0 Å². The summed E-state index contributed by atoms with van der Waals surface area (Å²) in [6.45, 7) is 10.5. The van der Waals surface area contributed by atoms with E-state index in [2.05, 4.69) is 42.8 Å². The van der Waals surface area contributed by atoms with Crippen molar-refractivity contribution in [3.05, 3.63) is 23.4 Å². The van der Waals surface area contributed by atoms with Crippen molar-refractivity contribution in [2.75, 3.05) is 24.5 Å². The van der Waals surface area contributed by atoms with Crippen LogP contribution in [0.3, 0.4) is 0 Å². The number of likely N-dealkylation sites (tertiary alicyclic amines) is 1. The van der Waals surface area contributed by atoms with Crippen molar-refractivity contribution in [1.82, 2.24) is 9.88 Å². The predicted molar refractivity (Wildman–Crippen MR) is 88.9 cm³/mol. The number of piperidine rings is 1. The first-order valence-corrected chi connectivity index (χ1v) is 8.64. The quantitative estimate of drug-likeness (QED) is 0.840. The third-order valence-corrected chi connectivity index (χ3v) is 5.13. The lowest BCUT2D eigenvalue weighted by molar-refractivity contribution is 0.205. The maximum atomic E-state index is 4.80. The largest absolute Gasteiger partial charge is 0.357 e. The molecule has 21 heavy (non-hydrogen) atoms. The van der Waals surface area contributed by atoms with Gasteiger partial charge in [0.2, 0.25) is 0 Å². The summed E-state index contributed by atoms with van der Waals surface area (Å²) in [5, 5.41) is 0. The van der Waals surface area contributed by atoms with Crippen molar-refractivity contribution in [2.45, 2.75) is 65.0 Å². The van der Waals surface area contributed by atoms with Gasteiger partial charge in [-0.25, -0.2) is 4.98 Å². The van der Waals surface area contributed by atoms with Gasteiger partial charge in [-0.3, -0.25) is 4.90 Å². The average molecular weight is 287 g/mol. The van der Waals surface area contributed by atoms with Gasteiger partial charge < -0.3 is 4.90 Å². The van der Waals surface area contributed by atoms with Crippen molar-refractivity contribution in [2.24, 2.45) is 0 Å². The van der Waals surface area contributed by atoms with Crippen molar-refractivity contribution in [3.63, 3.8) is 0 Å². The molecule has 116 valence electrons. The molecule has 0 amide bonds. The molecule has 3 heteroatoms. The standard InChI is InChI=1S/C18H29N3/c1-14(2)21-11-7-8-17(21)16-13-19-18(12-15(16)3)20-9-5-4-6-10-20/h12-14,17H,4-11H2,1-3H3/t17-/m1/s1. The maximum absolute atomic E-state index is 4.80. The number of hydrogen-bond donors (Lipinski definition) is 0. The van der Waals surface area contributed by atoms with Gasteiger partial charge in [0.1, 0.15) is 5.82 Å². The molecule has 2 aliphatic heterocycles. The number of rotatable bonds is 3. The fourth-order valence-electron chi connectivity index (χ4n) is 3.94. The van der Waals surface area contributed by atoms with E-state index in [9.17, 15) is 0 Å². The van der Waals surface area contributed by atoms with Crippen LogP contribution in [0.5, 0.6) is 0 Å². The Morgan fingerprint density at radius 1 is 1.10 bits per heavy atom. The van der Waals surface area contributed by atoms with Crippen molar-refractivity contribution in [1.29, 1.82) is 0 Å². The molecule has 0 aliphatic carbocycles. The van der Waals surface area contributed by atoms with Gasteiger partial charge in [0.05, 0.1) is 0 Å². The summed E-state index contributed by atoms with van der Waals surface area (Å²) in [6.07, 6.45) is 8.75. The number of anilines is 1. The molecular formula is C18H29N3. The lowest BCUT2D eigenvalue weighted by Crippen LogP contribution is -2.32. The number of hydrogen-bond acceptors (Lipinski definition) is 3. The van der Waals surface area contributed by atoms with E-state index >= 15 is 0 Å². The molecule has 2 fully saturated rings. The van der Waals surface area contributed by atoms with E-state index in [-0.39, 0.29) is 0 Å². The molecule has 3 nitrogen and oxygen atoms in total. The van der Waals surface area contributed by atoms with E-state index in [0.717, 1.165) is 0 Å².